The molecule has 3 unspecified atom stereocenters. The Morgan fingerprint density at radius 3 is 2.31 bits per heavy atom. The molecule has 2 rings (SSSR count). The average molecular weight is 226 g/mol. The summed E-state index contributed by atoms with van der Waals surface area (Å²) in [6.07, 6.45) is 4.02. The van der Waals surface area contributed by atoms with Crippen molar-refractivity contribution in [2.45, 2.75) is 58.2 Å². The van der Waals surface area contributed by atoms with Gasteiger partial charge in [-0.3, -0.25) is 4.90 Å². The minimum atomic E-state index is 0.336. The molecule has 1 saturated heterocycles. The van der Waals surface area contributed by atoms with Gasteiger partial charge >= 0.3 is 0 Å². The summed E-state index contributed by atoms with van der Waals surface area (Å²) in [5, 5.41) is 0. The van der Waals surface area contributed by atoms with Crippen LogP contribution >= 0.6 is 0 Å². The molecule has 1 aliphatic carbocycles. The van der Waals surface area contributed by atoms with Gasteiger partial charge in [-0.15, -0.1) is 0 Å². The van der Waals surface area contributed by atoms with E-state index in [1.54, 1.807) is 0 Å². The molecule has 0 aromatic rings. The number of likely N-dealkylation sites (tertiary alicyclic amines) is 1. The van der Waals surface area contributed by atoms with Crippen LogP contribution in [-0.4, -0.2) is 42.8 Å². The standard InChI is InChI=1S/C13H26N2O/c1-4-13(5-2)8-15(9-13)12-10(14)7-11(12)16-6-3/h10-12H,4-9,14H2,1-3H3. The van der Waals surface area contributed by atoms with Crippen molar-refractivity contribution in [3.05, 3.63) is 0 Å². The Bertz CT molecular complexity index is 230. The molecule has 0 aromatic heterocycles. The van der Waals surface area contributed by atoms with Crippen molar-refractivity contribution in [1.82, 2.24) is 4.90 Å². The van der Waals surface area contributed by atoms with Crippen LogP contribution in [0.5, 0.6) is 0 Å². The highest BCUT2D eigenvalue weighted by Crippen LogP contribution is 2.42. The molecular weight excluding hydrogens is 200 g/mol. The minimum absolute atomic E-state index is 0.336. The van der Waals surface area contributed by atoms with Crippen LogP contribution < -0.4 is 5.73 Å². The predicted molar refractivity (Wildman–Crippen MR) is 66.4 cm³/mol. The first-order chi connectivity index (χ1) is 7.65. The van der Waals surface area contributed by atoms with Crippen LogP contribution in [0.25, 0.3) is 0 Å². The van der Waals surface area contributed by atoms with Crippen LogP contribution in [0.1, 0.15) is 40.0 Å². The number of ether oxygens (including phenoxy) is 1. The fraction of sp³-hybridized carbons (Fsp3) is 1.00. The van der Waals surface area contributed by atoms with E-state index in [0.29, 0.717) is 23.6 Å². The molecule has 16 heavy (non-hydrogen) atoms. The number of rotatable bonds is 5. The van der Waals surface area contributed by atoms with Gasteiger partial charge in [-0.25, -0.2) is 0 Å². The molecular formula is C13H26N2O. The first-order valence-electron chi connectivity index (χ1n) is 6.77. The lowest BCUT2D eigenvalue weighted by Gasteiger charge is -2.59. The van der Waals surface area contributed by atoms with Crippen molar-refractivity contribution in [1.29, 1.82) is 0 Å². The second-order valence-corrected chi connectivity index (χ2v) is 5.50. The summed E-state index contributed by atoms with van der Waals surface area (Å²) in [4.78, 5) is 2.54. The third-order valence-electron chi connectivity index (χ3n) is 4.70. The molecule has 0 spiro atoms. The Kier molecular flexibility index (Phi) is 3.57. The molecule has 3 atom stereocenters. The van der Waals surface area contributed by atoms with E-state index in [2.05, 4.69) is 25.7 Å². The largest absolute Gasteiger partial charge is 0.377 e. The van der Waals surface area contributed by atoms with Gasteiger partial charge in [-0.1, -0.05) is 13.8 Å². The van der Waals surface area contributed by atoms with Gasteiger partial charge in [0.15, 0.2) is 0 Å². The van der Waals surface area contributed by atoms with Crippen molar-refractivity contribution < 1.29 is 4.74 Å². The van der Waals surface area contributed by atoms with E-state index in [0.717, 1.165) is 13.0 Å². The zero-order valence-electron chi connectivity index (χ0n) is 10.9. The second-order valence-electron chi connectivity index (χ2n) is 5.50. The van der Waals surface area contributed by atoms with Crippen LogP contribution in [0.15, 0.2) is 0 Å². The van der Waals surface area contributed by atoms with Crippen LogP contribution in [0.2, 0.25) is 0 Å². The van der Waals surface area contributed by atoms with Crippen LogP contribution in [0.4, 0.5) is 0 Å². The number of nitrogens with zero attached hydrogens (tertiary/aromatic N) is 1. The van der Waals surface area contributed by atoms with E-state index in [1.165, 1.54) is 25.9 Å². The van der Waals surface area contributed by atoms with Gasteiger partial charge in [0.25, 0.3) is 0 Å². The summed E-state index contributed by atoms with van der Waals surface area (Å²) in [6.45, 7) is 9.95. The summed E-state index contributed by atoms with van der Waals surface area (Å²) in [5.41, 5.74) is 6.68. The maximum atomic E-state index is 6.10. The summed E-state index contributed by atoms with van der Waals surface area (Å²) in [7, 11) is 0. The van der Waals surface area contributed by atoms with Gasteiger partial charge in [0.1, 0.15) is 0 Å². The quantitative estimate of drug-likeness (QED) is 0.774. The van der Waals surface area contributed by atoms with Crippen molar-refractivity contribution in [3.8, 4) is 0 Å². The highest BCUT2D eigenvalue weighted by molar-refractivity contribution is 5.07. The average Bonchev–Trinajstić information content (AvgIpc) is 2.22. The summed E-state index contributed by atoms with van der Waals surface area (Å²) in [5.74, 6) is 0. The SMILES string of the molecule is CCOC1CC(N)C1N1CC(CC)(CC)C1. The molecule has 2 N–H and O–H groups in total. The minimum Gasteiger partial charge on any atom is -0.377 e. The van der Waals surface area contributed by atoms with Gasteiger partial charge < -0.3 is 10.5 Å². The maximum Gasteiger partial charge on any atom is 0.0760 e. The molecule has 0 amide bonds. The lowest BCUT2D eigenvalue weighted by molar-refractivity contribution is -0.138. The Balaban J connectivity index is 1.86. The van der Waals surface area contributed by atoms with Gasteiger partial charge in [-0.2, -0.15) is 0 Å². The Morgan fingerprint density at radius 2 is 1.88 bits per heavy atom. The summed E-state index contributed by atoms with van der Waals surface area (Å²) >= 11 is 0. The Labute approximate surface area is 99.3 Å². The molecule has 0 aromatic carbocycles. The first-order valence-corrected chi connectivity index (χ1v) is 6.77. The van der Waals surface area contributed by atoms with Crippen LogP contribution in [-0.2, 0) is 4.74 Å². The highest BCUT2D eigenvalue weighted by Gasteiger charge is 2.51. The third-order valence-corrected chi connectivity index (χ3v) is 4.70. The molecule has 3 nitrogen and oxygen atoms in total. The van der Waals surface area contributed by atoms with Gasteiger partial charge in [0.05, 0.1) is 12.1 Å². The molecule has 2 aliphatic rings. The van der Waals surface area contributed by atoms with Gasteiger partial charge in [0, 0.05) is 25.7 Å². The summed E-state index contributed by atoms with van der Waals surface area (Å²) < 4.78 is 5.73. The highest BCUT2D eigenvalue weighted by atomic mass is 16.5. The zero-order valence-corrected chi connectivity index (χ0v) is 10.9. The Morgan fingerprint density at radius 1 is 1.25 bits per heavy atom. The molecule has 1 aliphatic heterocycles. The molecule has 1 heterocycles. The number of hydrogen-bond acceptors (Lipinski definition) is 3. The maximum absolute atomic E-state index is 6.10. The van der Waals surface area contributed by atoms with E-state index >= 15 is 0 Å². The lowest BCUT2D eigenvalue weighted by atomic mass is 9.70. The smallest absolute Gasteiger partial charge is 0.0760 e. The van der Waals surface area contributed by atoms with Crippen LogP contribution in [0.3, 0.4) is 0 Å². The monoisotopic (exact) mass is 226 g/mol. The topological polar surface area (TPSA) is 38.5 Å². The van der Waals surface area contributed by atoms with E-state index < -0.39 is 0 Å². The second kappa shape index (κ2) is 4.63. The zero-order chi connectivity index (χ0) is 11.8. The normalized spacial score (nSPS) is 37.9. The van der Waals surface area contributed by atoms with E-state index in [-0.39, 0.29) is 0 Å². The third kappa shape index (κ3) is 1.89. The van der Waals surface area contributed by atoms with Gasteiger partial charge in [-0.05, 0) is 31.6 Å². The van der Waals surface area contributed by atoms with Crippen molar-refractivity contribution >= 4 is 0 Å². The van der Waals surface area contributed by atoms with Crippen LogP contribution in [0, 0.1) is 5.41 Å². The molecule has 1 saturated carbocycles. The fourth-order valence-corrected chi connectivity index (χ4v) is 3.24. The molecule has 94 valence electrons. The number of hydrogen-bond donors (Lipinski definition) is 1. The Hall–Kier alpha value is -0.120. The van der Waals surface area contributed by atoms with Crippen molar-refractivity contribution in [2.75, 3.05) is 19.7 Å². The number of nitrogens with two attached hydrogens (primary N) is 1. The van der Waals surface area contributed by atoms with E-state index in [4.69, 9.17) is 10.5 Å². The molecule has 0 radical (unpaired) electrons. The molecule has 3 heteroatoms. The van der Waals surface area contributed by atoms with E-state index in [9.17, 15) is 0 Å². The van der Waals surface area contributed by atoms with E-state index in [1.807, 2.05) is 0 Å². The molecule has 0 bridgehead atoms. The van der Waals surface area contributed by atoms with Crippen molar-refractivity contribution in [3.63, 3.8) is 0 Å². The fourth-order valence-electron chi connectivity index (χ4n) is 3.24. The van der Waals surface area contributed by atoms with Crippen molar-refractivity contribution in [2.24, 2.45) is 11.1 Å². The predicted octanol–water partition coefficient (Wildman–Crippen LogP) is 1.61. The van der Waals surface area contributed by atoms with Gasteiger partial charge in [0.2, 0.25) is 0 Å². The summed E-state index contributed by atoms with van der Waals surface area (Å²) in [6, 6.07) is 0.828. The molecule has 2 fully saturated rings. The lowest BCUT2D eigenvalue weighted by Crippen LogP contribution is -2.72. The first kappa shape index (κ1) is 12.3.